The fourth-order valence-corrected chi connectivity index (χ4v) is 4.44. The van der Waals surface area contributed by atoms with Crippen LogP contribution in [0.2, 0.25) is 18.1 Å². The lowest BCUT2D eigenvalue weighted by Crippen LogP contribution is -2.50. The van der Waals surface area contributed by atoms with Gasteiger partial charge in [-0.15, -0.1) is 0 Å². The molecule has 0 aromatic heterocycles. The number of allylic oxidation sites excluding steroid dienone is 1. The largest absolute Gasteiger partial charge is 0.483 e. The van der Waals surface area contributed by atoms with E-state index < -0.39 is 8.32 Å². The van der Waals surface area contributed by atoms with Crippen LogP contribution in [0.3, 0.4) is 0 Å². The van der Waals surface area contributed by atoms with E-state index in [0.717, 1.165) is 12.8 Å². The Morgan fingerprint density at radius 1 is 1.07 bits per heavy atom. The number of nitrogens with zero attached hydrogens (tertiary/aromatic N) is 2. The summed E-state index contributed by atoms with van der Waals surface area (Å²) in [6, 6.07) is -0.374. The molecule has 156 valence electrons. The second-order valence-corrected chi connectivity index (χ2v) is 14.3. The molecular weight excluding hydrogens is 471 g/mol. The van der Waals surface area contributed by atoms with Crippen LogP contribution in [0.25, 0.3) is 0 Å². The third-order valence-corrected chi connectivity index (χ3v) is 10.4. The van der Waals surface area contributed by atoms with E-state index in [1.54, 1.807) is 14.2 Å². The summed E-state index contributed by atoms with van der Waals surface area (Å²) in [5.41, 5.74) is 0. The van der Waals surface area contributed by atoms with E-state index in [0.29, 0.717) is 11.8 Å². The minimum atomic E-state index is -1.97. The topological polar surface area (TPSA) is 52.4 Å². The number of aliphatic imine (C=N–C) groups is 2. The molecular formula is C20H37IN2O3Si. The van der Waals surface area contributed by atoms with Crippen LogP contribution in [0.4, 0.5) is 0 Å². The first-order chi connectivity index (χ1) is 12.5. The van der Waals surface area contributed by atoms with E-state index in [1.165, 1.54) is 0 Å². The number of ether oxygens (including phenoxy) is 2. The first-order valence-electron chi connectivity index (χ1n) is 9.64. The van der Waals surface area contributed by atoms with Crippen LogP contribution in [-0.4, -0.2) is 52.5 Å². The van der Waals surface area contributed by atoms with Crippen molar-refractivity contribution in [2.24, 2.45) is 15.9 Å². The van der Waals surface area contributed by atoms with Gasteiger partial charge in [0.2, 0.25) is 11.8 Å². The molecule has 0 aromatic carbocycles. The third kappa shape index (κ3) is 6.56. The van der Waals surface area contributed by atoms with Crippen molar-refractivity contribution in [3.05, 3.63) is 10.2 Å². The van der Waals surface area contributed by atoms with Gasteiger partial charge >= 0.3 is 0 Å². The summed E-state index contributed by atoms with van der Waals surface area (Å²) < 4.78 is 20.1. The lowest BCUT2D eigenvalue weighted by molar-refractivity contribution is 0.152. The molecule has 1 rings (SSSR count). The first-order valence-corrected chi connectivity index (χ1v) is 13.8. The Labute approximate surface area is 180 Å². The number of halogens is 1. The van der Waals surface area contributed by atoms with Crippen LogP contribution in [0.1, 0.15) is 47.5 Å². The lowest BCUT2D eigenvalue weighted by Gasteiger charge is -2.41. The molecule has 0 N–H and O–H groups in total. The fourth-order valence-electron chi connectivity index (χ4n) is 2.72. The van der Waals surface area contributed by atoms with E-state index >= 15 is 0 Å². The van der Waals surface area contributed by atoms with Gasteiger partial charge in [-0.1, -0.05) is 63.3 Å². The van der Waals surface area contributed by atoms with Crippen molar-refractivity contribution in [1.82, 2.24) is 0 Å². The molecule has 0 saturated carbocycles. The third-order valence-electron chi connectivity index (χ3n) is 5.40. The fraction of sp³-hybridized carbons (Fsp3) is 0.800. The van der Waals surface area contributed by atoms with Gasteiger partial charge in [-0.3, -0.25) is 0 Å². The Morgan fingerprint density at radius 2 is 1.59 bits per heavy atom. The molecule has 1 aliphatic heterocycles. The molecule has 5 nitrogen and oxygen atoms in total. The molecule has 1 heterocycles. The zero-order valence-electron chi connectivity index (χ0n) is 18.4. The molecule has 0 amide bonds. The van der Waals surface area contributed by atoms with Crippen LogP contribution >= 0.6 is 22.6 Å². The zero-order chi connectivity index (χ0) is 20.8. The highest BCUT2D eigenvalue weighted by molar-refractivity contribution is 14.1. The van der Waals surface area contributed by atoms with E-state index in [2.05, 4.69) is 76.4 Å². The maximum atomic E-state index is 6.79. The molecule has 27 heavy (non-hydrogen) atoms. The predicted octanol–water partition coefficient (Wildman–Crippen LogP) is 5.60. The number of methoxy groups -OCH3 is 2. The summed E-state index contributed by atoms with van der Waals surface area (Å²) >= 11 is 2.25. The van der Waals surface area contributed by atoms with E-state index in [4.69, 9.17) is 23.9 Å². The molecule has 0 saturated heterocycles. The van der Waals surface area contributed by atoms with Crippen molar-refractivity contribution >= 4 is 42.7 Å². The SMILES string of the molecule is COC1=N[C@H](C(C)C)C(OC)=N[C@H]1[C@H](CCC=CI)O[Si](C)(C)C(C)(C)C. The second kappa shape index (κ2) is 10.4. The minimum absolute atomic E-state index is 0.0875. The second-order valence-electron chi connectivity index (χ2n) is 8.83. The summed E-state index contributed by atoms with van der Waals surface area (Å²) in [5.74, 6) is 1.61. The quantitative estimate of drug-likeness (QED) is 0.332. The monoisotopic (exact) mass is 508 g/mol. The van der Waals surface area contributed by atoms with Crippen molar-refractivity contribution < 1.29 is 13.9 Å². The van der Waals surface area contributed by atoms with E-state index in [9.17, 15) is 0 Å². The molecule has 0 unspecified atom stereocenters. The predicted molar refractivity (Wildman–Crippen MR) is 126 cm³/mol. The normalized spacial score (nSPS) is 22.6. The molecule has 3 atom stereocenters. The van der Waals surface area contributed by atoms with Gasteiger partial charge in [0.05, 0.1) is 20.3 Å². The summed E-state index contributed by atoms with van der Waals surface area (Å²) in [6.07, 6.45) is 3.87. The molecule has 0 aromatic rings. The van der Waals surface area contributed by atoms with Gasteiger partial charge in [-0.05, 0) is 41.0 Å². The maximum Gasteiger partial charge on any atom is 0.212 e. The molecule has 0 fully saturated rings. The van der Waals surface area contributed by atoms with Gasteiger partial charge < -0.3 is 13.9 Å². The van der Waals surface area contributed by atoms with Crippen LogP contribution in [0, 0.1) is 5.92 Å². The number of hydrogen-bond donors (Lipinski definition) is 0. The van der Waals surface area contributed by atoms with Crippen LogP contribution in [0.15, 0.2) is 20.1 Å². The number of hydrogen-bond acceptors (Lipinski definition) is 5. The van der Waals surface area contributed by atoms with Crippen molar-refractivity contribution in [2.75, 3.05) is 14.2 Å². The van der Waals surface area contributed by atoms with Crippen molar-refractivity contribution in [3.63, 3.8) is 0 Å². The number of rotatable bonds is 7. The van der Waals surface area contributed by atoms with Crippen LogP contribution < -0.4 is 0 Å². The Balaban J connectivity index is 3.25. The molecule has 0 spiro atoms. The molecule has 1 aliphatic rings. The highest BCUT2D eigenvalue weighted by atomic mass is 127. The van der Waals surface area contributed by atoms with Crippen LogP contribution in [0.5, 0.6) is 0 Å². The molecule has 0 aliphatic carbocycles. The van der Waals surface area contributed by atoms with Crippen molar-refractivity contribution in [2.45, 2.75) is 83.8 Å². The molecule has 0 radical (unpaired) electrons. The van der Waals surface area contributed by atoms with Gasteiger partial charge in [0.15, 0.2) is 14.4 Å². The Hall–Kier alpha value is -0.413. The van der Waals surface area contributed by atoms with Gasteiger partial charge in [0.1, 0.15) is 6.04 Å². The highest BCUT2D eigenvalue weighted by Gasteiger charge is 2.43. The summed E-state index contributed by atoms with van der Waals surface area (Å²) in [4.78, 5) is 9.74. The maximum absolute atomic E-state index is 6.79. The minimum Gasteiger partial charge on any atom is -0.483 e. The van der Waals surface area contributed by atoms with Gasteiger partial charge in [-0.2, -0.15) is 0 Å². The Kier molecular flexibility index (Phi) is 9.47. The standard InChI is InChI=1S/C20H37IN2O3Si/c1-14(2)16-18(24-6)23-17(19(22-16)25-7)15(12-10-11-13-21)26-27(8,9)20(3,4)5/h11,13-17H,10,12H2,1-9H3/t15-,16+,17-/m0/s1. The average molecular weight is 509 g/mol. The Bertz CT molecular complexity index is 568. The first kappa shape index (κ1) is 24.6. The summed E-state index contributed by atoms with van der Waals surface area (Å²) in [6.45, 7) is 15.6. The lowest BCUT2D eigenvalue weighted by atomic mass is 10.00. The van der Waals surface area contributed by atoms with Gasteiger partial charge in [-0.25, -0.2) is 9.98 Å². The summed E-state index contributed by atoms with van der Waals surface area (Å²) in [7, 11) is 1.37. The zero-order valence-corrected chi connectivity index (χ0v) is 21.5. The van der Waals surface area contributed by atoms with Crippen molar-refractivity contribution in [1.29, 1.82) is 0 Å². The van der Waals surface area contributed by atoms with E-state index in [1.807, 2.05) is 4.08 Å². The van der Waals surface area contributed by atoms with Gasteiger partial charge in [0, 0.05) is 0 Å². The highest BCUT2D eigenvalue weighted by Crippen LogP contribution is 2.39. The molecule has 0 bridgehead atoms. The smallest absolute Gasteiger partial charge is 0.212 e. The van der Waals surface area contributed by atoms with E-state index in [-0.39, 0.29) is 29.1 Å². The van der Waals surface area contributed by atoms with Crippen molar-refractivity contribution in [3.8, 4) is 0 Å². The Morgan fingerprint density at radius 3 is 2.04 bits per heavy atom. The molecule has 7 heteroatoms. The van der Waals surface area contributed by atoms with Gasteiger partial charge in [0.25, 0.3) is 0 Å². The van der Waals surface area contributed by atoms with Crippen LogP contribution in [-0.2, 0) is 13.9 Å². The summed E-state index contributed by atoms with van der Waals surface area (Å²) in [5, 5.41) is 0.123. The average Bonchev–Trinajstić information content (AvgIpc) is 2.58.